The molecule has 0 bridgehead atoms. The summed E-state index contributed by atoms with van der Waals surface area (Å²) in [6.07, 6.45) is 7.49. The van der Waals surface area contributed by atoms with Crippen LogP contribution >= 0.6 is 0 Å². The Hall–Kier alpha value is -0.0800. The number of nitrogens with zero attached hydrogens (tertiary/aromatic N) is 1. The van der Waals surface area contributed by atoms with E-state index in [2.05, 4.69) is 11.3 Å². The topological polar surface area (TPSA) is 12.5 Å². The summed E-state index contributed by atoms with van der Waals surface area (Å²) in [5, 5.41) is 0. The molecule has 2 nitrogen and oxygen atoms in total. The van der Waals surface area contributed by atoms with Gasteiger partial charge in [0.25, 0.3) is 0 Å². The summed E-state index contributed by atoms with van der Waals surface area (Å²) in [5.74, 6) is 0. The largest absolute Gasteiger partial charge is 0.381 e. The van der Waals surface area contributed by atoms with Crippen LogP contribution < -0.4 is 0 Å². The Balaban J connectivity index is 1.80. The maximum absolute atomic E-state index is 5.36. The Morgan fingerprint density at radius 2 is 1.75 bits per heavy atom. The third-order valence-electron chi connectivity index (χ3n) is 2.95. The molecule has 2 heterocycles. The highest BCUT2D eigenvalue weighted by Gasteiger charge is 2.22. The second-order valence-corrected chi connectivity index (χ2v) is 3.75. The molecule has 0 atom stereocenters. The number of ether oxygens (including phenoxy) is 1. The fraction of sp³-hybridized carbons (Fsp3) is 0.900. The summed E-state index contributed by atoms with van der Waals surface area (Å²) in [6, 6.07) is 0.826. The molecule has 2 heteroatoms. The van der Waals surface area contributed by atoms with Gasteiger partial charge in [-0.3, -0.25) is 0 Å². The second-order valence-electron chi connectivity index (χ2n) is 3.75. The Morgan fingerprint density at radius 1 is 1.08 bits per heavy atom. The summed E-state index contributed by atoms with van der Waals surface area (Å²) in [4.78, 5) is 2.64. The summed E-state index contributed by atoms with van der Waals surface area (Å²) >= 11 is 0. The van der Waals surface area contributed by atoms with Crippen molar-refractivity contribution in [3.63, 3.8) is 0 Å². The lowest BCUT2D eigenvalue weighted by Crippen LogP contribution is -2.42. The van der Waals surface area contributed by atoms with E-state index in [1.807, 2.05) is 0 Å². The van der Waals surface area contributed by atoms with Crippen LogP contribution in [-0.4, -0.2) is 37.2 Å². The first kappa shape index (κ1) is 8.52. The predicted octanol–water partition coefficient (Wildman–Crippen LogP) is 1.47. The summed E-state index contributed by atoms with van der Waals surface area (Å²) in [6.45, 7) is 4.52. The van der Waals surface area contributed by atoms with Gasteiger partial charge in [-0.15, -0.1) is 0 Å². The molecule has 2 fully saturated rings. The molecule has 0 aromatic rings. The van der Waals surface area contributed by atoms with Gasteiger partial charge < -0.3 is 9.64 Å². The SMILES string of the molecule is [CH]1CCN(C2CCOCC2)CC1. The van der Waals surface area contributed by atoms with Gasteiger partial charge in [-0.2, -0.15) is 0 Å². The highest BCUT2D eigenvalue weighted by atomic mass is 16.5. The number of hydrogen-bond donors (Lipinski definition) is 0. The van der Waals surface area contributed by atoms with Crippen molar-refractivity contribution in [1.82, 2.24) is 4.90 Å². The van der Waals surface area contributed by atoms with Crippen molar-refractivity contribution in [1.29, 1.82) is 0 Å². The van der Waals surface area contributed by atoms with E-state index < -0.39 is 0 Å². The lowest BCUT2D eigenvalue weighted by atomic mass is 10.0. The third-order valence-corrected chi connectivity index (χ3v) is 2.95. The molecule has 2 aliphatic heterocycles. The molecule has 2 saturated heterocycles. The Morgan fingerprint density at radius 3 is 2.42 bits per heavy atom. The van der Waals surface area contributed by atoms with Crippen LogP contribution in [0.4, 0.5) is 0 Å². The fourth-order valence-corrected chi connectivity index (χ4v) is 2.19. The monoisotopic (exact) mass is 168 g/mol. The van der Waals surface area contributed by atoms with Crippen LogP contribution in [0.2, 0.25) is 0 Å². The van der Waals surface area contributed by atoms with Crippen molar-refractivity contribution in [2.24, 2.45) is 0 Å². The Kier molecular flexibility index (Phi) is 3.01. The molecule has 69 valence electrons. The molecule has 0 N–H and O–H groups in total. The van der Waals surface area contributed by atoms with Crippen LogP contribution in [0.25, 0.3) is 0 Å². The number of likely N-dealkylation sites (tertiary alicyclic amines) is 1. The summed E-state index contributed by atoms with van der Waals surface area (Å²) in [7, 11) is 0. The van der Waals surface area contributed by atoms with Gasteiger partial charge in [-0.25, -0.2) is 0 Å². The van der Waals surface area contributed by atoms with E-state index in [4.69, 9.17) is 4.74 Å². The van der Waals surface area contributed by atoms with E-state index in [0.29, 0.717) is 0 Å². The third kappa shape index (κ3) is 1.99. The lowest BCUT2D eigenvalue weighted by molar-refractivity contribution is 0.0309. The maximum Gasteiger partial charge on any atom is 0.0480 e. The van der Waals surface area contributed by atoms with Crippen LogP contribution in [0, 0.1) is 6.42 Å². The smallest absolute Gasteiger partial charge is 0.0480 e. The molecule has 0 unspecified atom stereocenters. The molecular weight excluding hydrogens is 150 g/mol. The highest BCUT2D eigenvalue weighted by Crippen LogP contribution is 2.18. The molecule has 0 aromatic heterocycles. The zero-order valence-electron chi connectivity index (χ0n) is 7.67. The van der Waals surface area contributed by atoms with Crippen molar-refractivity contribution in [2.45, 2.75) is 31.7 Å². The Bertz CT molecular complexity index is 110. The molecular formula is C10H18NO. The van der Waals surface area contributed by atoms with Crippen molar-refractivity contribution >= 4 is 0 Å². The summed E-state index contributed by atoms with van der Waals surface area (Å²) < 4.78 is 5.36. The van der Waals surface area contributed by atoms with Gasteiger partial charge in [-0.1, -0.05) is 0 Å². The minimum Gasteiger partial charge on any atom is -0.381 e. The zero-order chi connectivity index (χ0) is 8.23. The molecule has 1 radical (unpaired) electrons. The Labute approximate surface area is 74.9 Å². The van der Waals surface area contributed by atoms with E-state index in [9.17, 15) is 0 Å². The first-order chi connectivity index (χ1) is 5.97. The van der Waals surface area contributed by atoms with Crippen LogP contribution in [0.1, 0.15) is 25.7 Å². The van der Waals surface area contributed by atoms with E-state index >= 15 is 0 Å². The van der Waals surface area contributed by atoms with Gasteiger partial charge in [0.1, 0.15) is 0 Å². The average Bonchev–Trinajstić information content (AvgIpc) is 2.21. The molecule has 0 amide bonds. The van der Waals surface area contributed by atoms with E-state index in [-0.39, 0.29) is 0 Å². The molecule has 0 aliphatic carbocycles. The zero-order valence-corrected chi connectivity index (χ0v) is 7.67. The number of hydrogen-bond acceptors (Lipinski definition) is 2. The molecule has 2 aliphatic rings. The average molecular weight is 168 g/mol. The summed E-state index contributed by atoms with van der Waals surface area (Å²) in [5.41, 5.74) is 0. The number of piperidine rings is 1. The molecule has 2 rings (SSSR count). The minimum absolute atomic E-state index is 0.826. The van der Waals surface area contributed by atoms with Gasteiger partial charge in [0, 0.05) is 19.3 Å². The van der Waals surface area contributed by atoms with Crippen molar-refractivity contribution in [3.05, 3.63) is 6.42 Å². The molecule has 12 heavy (non-hydrogen) atoms. The normalized spacial score (nSPS) is 29.0. The maximum atomic E-state index is 5.36. The minimum atomic E-state index is 0.826. The van der Waals surface area contributed by atoms with Crippen molar-refractivity contribution < 1.29 is 4.74 Å². The van der Waals surface area contributed by atoms with E-state index in [1.54, 1.807) is 0 Å². The second kappa shape index (κ2) is 4.24. The van der Waals surface area contributed by atoms with Gasteiger partial charge in [0.2, 0.25) is 0 Å². The molecule has 0 aromatic carbocycles. The van der Waals surface area contributed by atoms with Crippen LogP contribution in [-0.2, 0) is 4.74 Å². The molecule has 0 spiro atoms. The lowest BCUT2D eigenvalue weighted by Gasteiger charge is -2.36. The highest BCUT2D eigenvalue weighted by molar-refractivity contribution is 4.82. The van der Waals surface area contributed by atoms with E-state index in [1.165, 1.54) is 38.8 Å². The fourth-order valence-electron chi connectivity index (χ4n) is 2.19. The van der Waals surface area contributed by atoms with Crippen LogP contribution in [0.5, 0.6) is 0 Å². The standard InChI is InChI=1S/C10H18NO/c1-2-6-11(7-3-1)10-4-8-12-9-5-10/h1,10H,2-9H2. The molecule has 0 saturated carbocycles. The van der Waals surface area contributed by atoms with Crippen LogP contribution in [0.15, 0.2) is 0 Å². The van der Waals surface area contributed by atoms with Gasteiger partial charge in [0.05, 0.1) is 0 Å². The van der Waals surface area contributed by atoms with Gasteiger partial charge in [-0.05, 0) is 45.2 Å². The first-order valence-electron chi connectivity index (χ1n) is 5.10. The van der Waals surface area contributed by atoms with Gasteiger partial charge in [0.15, 0.2) is 0 Å². The van der Waals surface area contributed by atoms with E-state index in [0.717, 1.165) is 19.3 Å². The predicted molar refractivity (Wildman–Crippen MR) is 48.9 cm³/mol. The van der Waals surface area contributed by atoms with Crippen molar-refractivity contribution in [2.75, 3.05) is 26.3 Å². The van der Waals surface area contributed by atoms with Crippen LogP contribution in [0.3, 0.4) is 0 Å². The first-order valence-corrected chi connectivity index (χ1v) is 5.10. The van der Waals surface area contributed by atoms with Gasteiger partial charge >= 0.3 is 0 Å². The quantitative estimate of drug-likeness (QED) is 0.588. The number of rotatable bonds is 1. The van der Waals surface area contributed by atoms with Crippen molar-refractivity contribution in [3.8, 4) is 0 Å².